The van der Waals surface area contributed by atoms with Gasteiger partial charge >= 0.3 is 0 Å². The number of rotatable bonds is 6. The molecule has 2 aromatic carbocycles. The third kappa shape index (κ3) is 4.73. The number of benzene rings is 2. The molecule has 1 fully saturated rings. The fraction of sp³-hybridized carbons (Fsp3) is 0.286. The van der Waals surface area contributed by atoms with Gasteiger partial charge < -0.3 is 15.5 Å². The highest BCUT2D eigenvalue weighted by molar-refractivity contribution is 6.02. The SMILES string of the molecule is CC(=O)N[C@H](CC(=O)Nc1ccccc1N1CCCC1=O)c1ccccc1. The lowest BCUT2D eigenvalue weighted by atomic mass is 10.0. The molecule has 6 nitrogen and oxygen atoms in total. The van der Waals surface area contributed by atoms with E-state index in [0.29, 0.717) is 24.3 Å². The van der Waals surface area contributed by atoms with Crippen molar-refractivity contribution in [2.75, 3.05) is 16.8 Å². The van der Waals surface area contributed by atoms with Gasteiger partial charge in [-0.1, -0.05) is 42.5 Å². The predicted molar refractivity (Wildman–Crippen MR) is 104 cm³/mol. The van der Waals surface area contributed by atoms with Crippen molar-refractivity contribution in [3.63, 3.8) is 0 Å². The van der Waals surface area contributed by atoms with Gasteiger partial charge in [-0.2, -0.15) is 0 Å². The fourth-order valence-electron chi connectivity index (χ4n) is 3.29. The largest absolute Gasteiger partial charge is 0.349 e. The van der Waals surface area contributed by atoms with E-state index in [1.165, 1.54) is 6.92 Å². The highest BCUT2D eigenvalue weighted by atomic mass is 16.2. The zero-order chi connectivity index (χ0) is 19.2. The van der Waals surface area contributed by atoms with Crippen LogP contribution in [0, 0.1) is 0 Å². The number of carbonyl (C=O) groups excluding carboxylic acids is 3. The third-order valence-electron chi connectivity index (χ3n) is 4.51. The minimum Gasteiger partial charge on any atom is -0.349 e. The van der Waals surface area contributed by atoms with E-state index in [0.717, 1.165) is 12.0 Å². The zero-order valence-electron chi connectivity index (χ0n) is 15.3. The van der Waals surface area contributed by atoms with Crippen molar-refractivity contribution >= 4 is 29.1 Å². The van der Waals surface area contributed by atoms with Crippen molar-refractivity contribution in [2.45, 2.75) is 32.2 Å². The standard InChI is InChI=1S/C21H23N3O3/c1-15(25)22-18(16-8-3-2-4-9-16)14-20(26)23-17-10-5-6-11-19(17)24-13-7-12-21(24)27/h2-6,8-11,18H,7,12-14H2,1H3,(H,22,25)(H,23,26)/t18-/m1/s1. The summed E-state index contributed by atoms with van der Waals surface area (Å²) in [4.78, 5) is 38.0. The summed E-state index contributed by atoms with van der Waals surface area (Å²) in [5.41, 5.74) is 2.18. The van der Waals surface area contributed by atoms with E-state index in [9.17, 15) is 14.4 Å². The van der Waals surface area contributed by atoms with Crippen molar-refractivity contribution in [1.82, 2.24) is 5.32 Å². The molecule has 3 rings (SSSR count). The summed E-state index contributed by atoms with van der Waals surface area (Å²) in [5.74, 6) is -0.353. The van der Waals surface area contributed by atoms with E-state index in [2.05, 4.69) is 10.6 Å². The van der Waals surface area contributed by atoms with Crippen LogP contribution in [0.2, 0.25) is 0 Å². The molecule has 1 saturated heterocycles. The Hall–Kier alpha value is -3.15. The highest BCUT2D eigenvalue weighted by Gasteiger charge is 2.24. The minimum atomic E-state index is -0.413. The van der Waals surface area contributed by atoms with Crippen LogP contribution in [0.25, 0.3) is 0 Å². The summed E-state index contributed by atoms with van der Waals surface area (Å²) < 4.78 is 0. The van der Waals surface area contributed by atoms with Crippen LogP contribution in [0.5, 0.6) is 0 Å². The van der Waals surface area contributed by atoms with Crippen molar-refractivity contribution in [2.24, 2.45) is 0 Å². The second kappa shape index (κ2) is 8.49. The number of anilines is 2. The Bertz CT molecular complexity index is 836. The van der Waals surface area contributed by atoms with Crippen LogP contribution < -0.4 is 15.5 Å². The molecule has 6 heteroatoms. The first-order valence-electron chi connectivity index (χ1n) is 9.06. The smallest absolute Gasteiger partial charge is 0.227 e. The molecule has 1 aliphatic heterocycles. The average Bonchev–Trinajstić information content (AvgIpc) is 3.08. The molecule has 3 amide bonds. The van der Waals surface area contributed by atoms with Gasteiger partial charge in [0, 0.05) is 19.9 Å². The van der Waals surface area contributed by atoms with Gasteiger partial charge in [-0.25, -0.2) is 0 Å². The molecule has 27 heavy (non-hydrogen) atoms. The van der Waals surface area contributed by atoms with Gasteiger partial charge in [0.05, 0.1) is 23.8 Å². The van der Waals surface area contributed by atoms with E-state index in [1.807, 2.05) is 48.5 Å². The molecule has 2 N–H and O–H groups in total. The second-order valence-corrected chi connectivity index (χ2v) is 6.58. The van der Waals surface area contributed by atoms with E-state index in [1.54, 1.807) is 11.0 Å². The number of hydrogen-bond acceptors (Lipinski definition) is 3. The van der Waals surface area contributed by atoms with Crippen LogP contribution >= 0.6 is 0 Å². The number of amides is 3. The van der Waals surface area contributed by atoms with Crippen LogP contribution in [-0.4, -0.2) is 24.3 Å². The molecular formula is C21H23N3O3. The number of para-hydroxylation sites is 2. The lowest BCUT2D eigenvalue weighted by molar-refractivity contribution is -0.121. The van der Waals surface area contributed by atoms with Crippen molar-refractivity contribution in [3.8, 4) is 0 Å². The van der Waals surface area contributed by atoms with Crippen LogP contribution in [-0.2, 0) is 14.4 Å². The van der Waals surface area contributed by atoms with E-state index in [-0.39, 0.29) is 24.1 Å². The Morgan fingerprint density at radius 2 is 1.78 bits per heavy atom. The number of nitrogens with zero attached hydrogens (tertiary/aromatic N) is 1. The van der Waals surface area contributed by atoms with E-state index in [4.69, 9.17) is 0 Å². The maximum Gasteiger partial charge on any atom is 0.227 e. The fourth-order valence-corrected chi connectivity index (χ4v) is 3.29. The molecule has 1 atom stereocenters. The normalized spacial score (nSPS) is 14.7. The monoisotopic (exact) mass is 365 g/mol. The lowest BCUT2D eigenvalue weighted by Crippen LogP contribution is -2.30. The Labute approximate surface area is 158 Å². The molecule has 0 bridgehead atoms. The van der Waals surface area contributed by atoms with E-state index >= 15 is 0 Å². The Morgan fingerprint density at radius 3 is 2.44 bits per heavy atom. The molecule has 140 valence electrons. The van der Waals surface area contributed by atoms with Gasteiger partial charge in [-0.15, -0.1) is 0 Å². The topological polar surface area (TPSA) is 78.5 Å². The molecule has 0 spiro atoms. The third-order valence-corrected chi connectivity index (χ3v) is 4.51. The number of hydrogen-bond donors (Lipinski definition) is 2. The quantitative estimate of drug-likeness (QED) is 0.826. The predicted octanol–water partition coefficient (Wildman–Crippen LogP) is 3.02. The van der Waals surface area contributed by atoms with Gasteiger partial charge in [-0.05, 0) is 24.1 Å². The molecule has 0 saturated carbocycles. The van der Waals surface area contributed by atoms with Crippen LogP contribution in [0.3, 0.4) is 0 Å². The minimum absolute atomic E-state index is 0.0668. The summed E-state index contributed by atoms with van der Waals surface area (Å²) in [6.07, 6.45) is 1.45. The molecule has 0 aromatic heterocycles. The molecule has 0 aliphatic carbocycles. The first-order valence-corrected chi connectivity index (χ1v) is 9.06. The van der Waals surface area contributed by atoms with Crippen molar-refractivity contribution in [3.05, 3.63) is 60.2 Å². The maximum atomic E-state index is 12.7. The molecular weight excluding hydrogens is 342 g/mol. The van der Waals surface area contributed by atoms with Gasteiger partial charge in [0.1, 0.15) is 0 Å². The van der Waals surface area contributed by atoms with Crippen molar-refractivity contribution < 1.29 is 14.4 Å². The molecule has 2 aromatic rings. The molecule has 0 unspecified atom stereocenters. The summed E-state index contributed by atoms with van der Waals surface area (Å²) in [6, 6.07) is 16.3. The van der Waals surface area contributed by atoms with Crippen LogP contribution in [0.1, 0.15) is 37.8 Å². The van der Waals surface area contributed by atoms with Gasteiger partial charge in [0.25, 0.3) is 0 Å². The summed E-state index contributed by atoms with van der Waals surface area (Å²) in [6.45, 7) is 2.09. The highest BCUT2D eigenvalue weighted by Crippen LogP contribution is 2.30. The van der Waals surface area contributed by atoms with E-state index < -0.39 is 6.04 Å². The van der Waals surface area contributed by atoms with Gasteiger partial charge in [0.2, 0.25) is 17.7 Å². The summed E-state index contributed by atoms with van der Waals surface area (Å²) in [5, 5.41) is 5.72. The first-order chi connectivity index (χ1) is 13.0. The summed E-state index contributed by atoms with van der Waals surface area (Å²) in [7, 11) is 0. The molecule has 1 heterocycles. The van der Waals surface area contributed by atoms with Gasteiger partial charge in [0.15, 0.2) is 0 Å². The maximum absolute atomic E-state index is 12.7. The first kappa shape index (κ1) is 18.6. The van der Waals surface area contributed by atoms with Crippen molar-refractivity contribution in [1.29, 1.82) is 0 Å². The average molecular weight is 365 g/mol. The van der Waals surface area contributed by atoms with Crippen LogP contribution in [0.15, 0.2) is 54.6 Å². The number of carbonyl (C=O) groups is 3. The Morgan fingerprint density at radius 1 is 1.07 bits per heavy atom. The number of nitrogens with one attached hydrogen (secondary N) is 2. The van der Waals surface area contributed by atoms with Crippen LogP contribution in [0.4, 0.5) is 11.4 Å². The molecule has 0 radical (unpaired) electrons. The Kier molecular flexibility index (Phi) is 5.86. The zero-order valence-corrected chi connectivity index (χ0v) is 15.3. The lowest BCUT2D eigenvalue weighted by Gasteiger charge is -2.21. The second-order valence-electron chi connectivity index (χ2n) is 6.58. The molecule has 1 aliphatic rings. The van der Waals surface area contributed by atoms with Gasteiger partial charge in [-0.3, -0.25) is 14.4 Å². The summed E-state index contributed by atoms with van der Waals surface area (Å²) >= 11 is 0. The Balaban J connectivity index is 1.75.